The summed E-state index contributed by atoms with van der Waals surface area (Å²) >= 11 is 0. The molecular weight excluding hydrogens is 526 g/mol. The zero-order valence-electron chi connectivity index (χ0n) is 24.2. The molecule has 0 aromatic heterocycles. The number of amides is 3. The van der Waals surface area contributed by atoms with E-state index in [0.29, 0.717) is 18.0 Å². The minimum Gasteiger partial charge on any atom is -0.366 e. The van der Waals surface area contributed by atoms with Crippen molar-refractivity contribution in [1.82, 2.24) is 15.1 Å². The average molecular weight is 568 g/mol. The van der Waals surface area contributed by atoms with Crippen LogP contribution in [0.4, 0.5) is 0 Å². The second kappa shape index (κ2) is 13.3. The van der Waals surface area contributed by atoms with E-state index >= 15 is 0 Å². The average Bonchev–Trinajstić information content (AvgIpc) is 3.65. The molecule has 220 valence electrons. The van der Waals surface area contributed by atoms with Gasteiger partial charge in [-0.3, -0.25) is 14.4 Å². The van der Waals surface area contributed by atoms with E-state index in [1.165, 1.54) is 11.1 Å². The molecule has 3 amide bonds. The van der Waals surface area contributed by atoms with Crippen LogP contribution in [0.1, 0.15) is 58.6 Å². The van der Waals surface area contributed by atoms with E-state index in [4.69, 9.17) is 11.5 Å². The number of nitrogens with zero attached hydrogens (tertiary/aromatic N) is 2. The van der Waals surface area contributed by atoms with Crippen molar-refractivity contribution in [2.45, 2.75) is 56.1 Å². The third-order valence-corrected chi connectivity index (χ3v) is 8.69. The Kier molecular flexibility index (Phi) is 9.35. The fraction of sp³-hybridized carbons (Fsp3) is 0.382. The maximum atomic E-state index is 14.3. The van der Waals surface area contributed by atoms with Gasteiger partial charge in [-0.05, 0) is 61.1 Å². The molecule has 0 aliphatic carbocycles. The van der Waals surface area contributed by atoms with Crippen LogP contribution >= 0.6 is 0 Å². The first-order valence-electron chi connectivity index (χ1n) is 14.9. The van der Waals surface area contributed by atoms with Crippen molar-refractivity contribution in [3.8, 4) is 0 Å². The first-order chi connectivity index (χ1) is 20.3. The van der Waals surface area contributed by atoms with Crippen LogP contribution in [-0.4, -0.2) is 71.8 Å². The van der Waals surface area contributed by atoms with Crippen molar-refractivity contribution in [2.75, 3.05) is 26.2 Å². The Bertz CT molecular complexity index is 1360. The Morgan fingerprint density at radius 1 is 0.881 bits per heavy atom. The number of likely N-dealkylation sites (tertiary alicyclic amines) is 2. The van der Waals surface area contributed by atoms with Crippen molar-refractivity contribution >= 4 is 17.7 Å². The minimum absolute atomic E-state index is 0.0177. The Hall–Kier alpha value is -4.01. The van der Waals surface area contributed by atoms with E-state index in [1.54, 1.807) is 31.2 Å². The molecule has 3 aromatic carbocycles. The zero-order chi connectivity index (χ0) is 29.6. The number of hydrogen-bond donors (Lipinski definition) is 3. The van der Waals surface area contributed by atoms with Gasteiger partial charge >= 0.3 is 0 Å². The zero-order valence-corrected chi connectivity index (χ0v) is 24.2. The molecule has 3 unspecified atom stereocenters. The topological polar surface area (TPSA) is 122 Å². The Labute approximate surface area is 248 Å². The highest BCUT2D eigenvalue weighted by Crippen LogP contribution is 2.35. The van der Waals surface area contributed by atoms with Gasteiger partial charge in [0.1, 0.15) is 6.04 Å². The number of primary amides is 1. The highest BCUT2D eigenvalue weighted by atomic mass is 16.2. The summed E-state index contributed by atoms with van der Waals surface area (Å²) in [6, 6.07) is 26.3. The molecule has 5 rings (SSSR count). The van der Waals surface area contributed by atoms with Crippen molar-refractivity contribution in [3.05, 3.63) is 107 Å². The molecule has 3 aromatic rings. The van der Waals surface area contributed by atoms with Crippen LogP contribution in [0.5, 0.6) is 0 Å². The number of nitrogens with two attached hydrogens (primary N) is 2. The van der Waals surface area contributed by atoms with Gasteiger partial charge in [-0.2, -0.15) is 0 Å². The molecule has 2 fully saturated rings. The van der Waals surface area contributed by atoms with Crippen LogP contribution in [0.25, 0.3) is 0 Å². The lowest BCUT2D eigenvalue weighted by molar-refractivity contribution is -0.137. The molecule has 0 spiro atoms. The molecule has 5 atom stereocenters. The van der Waals surface area contributed by atoms with E-state index in [2.05, 4.69) is 52.7 Å². The van der Waals surface area contributed by atoms with Crippen LogP contribution in [-0.2, 0) is 16.0 Å². The Morgan fingerprint density at radius 3 is 2.10 bits per heavy atom. The lowest BCUT2D eigenvalue weighted by atomic mass is 9.96. The summed E-state index contributed by atoms with van der Waals surface area (Å²) < 4.78 is 0. The van der Waals surface area contributed by atoms with Crippen LogP contribution in [0, 0.1) is 0 Å². The minimum atomic E-state index is -0.782. The molecule has 0 saturated carbocycles. The van der Waals surface area contributed by atoms with E-state index < -0.39 is 18.0 Å². The van der Waals surface area contributed by atoms with Crippen molar-refractivity contribution in [1.29, 1.82) is 0 Å². The quantitative estimate of drug-likeness (QED) is 0.348. The third-order valence-electron chi connectivity index (χ3n) is 8.69. The predicted molar refractivity (Wildman–Crippen MR) is 164 cm³/mol. The summed E-state index contributed by atoms with van der Waals surface area (Å²) in [6.45, 7) is 4.95. The van der Waals surface area contributed by atoms with Gasteiger partial charge in [0.25, 0.3) is 0 Å². The number of nitrogens with one attached hydrogen (secondary N) is 1. The number of hydrogen-bond acceptors (Lipinski definition) is 5. The van der Waals surface area contributed by atoms with E-state index in [0.717, 1.165) is 38.0 Å². The second-order valence-corrected chi connectivity index (χ2v) is 11.8. The lowest BCUT2D eigenvalue weighted by Crippen LogP contribution is -2.55. The first-order valence-corrected chi connectivity index (χ1v) is 14.9. The van der Waals surface area contributed by atoms with E-state index in [9.17, 15) is 14.4 Å². The molecule has 2 aliphatic heterocycles. The molecule has 2 saturated heterocycles. The van der Waals surface area contributed by atoms with Crippen LogP contribution in [0.2, 0.25) is 0 Å². The van der Waals surface area contributed by atoms with Crippen LogP contribution < -0.4 is 16.8 Å². The van der Waals surface area contributed by atoms with Gasteiger partial charge < -0.3 is 26.6 Å². The van der Waals surface area contributed by atoms with Crippen LogP contribution in [0.3, 0.4) is 0 Å². The van der Waals surface area contributed by atoms with Crippen LogP contribution in [0.15, 0.2) is 84.9 Å². The largest absolute Gasteiger partial charge is 0.366 e. The van der Waals surface area contributed by atoms with Gasteiger partial charge in [-0.25, -0.2) is 0 Å². The monoisotopic (exact) mass is 567 g/mol. The number of rotatable bonds is 10. The summed E-state index contributed by atoms with van der Waals surface area (Å²) in [4.78, 5) is 43.1. The van der Waals surface area contributed by atoms with Gasteiger partial charge in [0.2, 0.25) is 17.7 Å². The molecule has 5 N–H and O–H groups in total. The van der Waals surface area contributed by atoms with Crippen molar-refractivity contribution in [3.63, 3.8) is 0 Å². The van der Waals surface area contributed by atoms with E-state index in [1.807, 2.05) is 23.1 Å². The summed E-state index contributed by atoms with van der Waals surface area (Å²) in [5.41, 5.74) is 15.1. The maximum absolute atomic E-state index is 14.3. The molecule has 2 aliphatic rings. The molecule has 0 radical (unpaired) electrons. The van der Waals surface area contributed by atoms with Gasteiger partial charge in [0.15, 0.2) is 0 Å². The lowest BCUT2D eigenvalue weighted by Gasteiger charge is -2.32. The molecule has 0 bridgehead atoms. The number of benzene rings is 3. The van der Waals surface area contributed by atoms with Gasteiger partial charge in [0.05, 0.1) is 6.04 Å². The Morgan fingerprint density at radius 2 is 1.50 bits per heavy atom. The maximum Gasteiger partial charge on any atom is 0.248 e. The summed E-state index contributed by atoms with van der Waals surface area (Å²) in [5.74, 6) is -0.286. The Balaban J connectivity index is 1.37. The van der Waals surface area contributed by atoms with Gasteiger partial charge in [-0.1, -0.05) is 72.8 Å². The second-order valence-electron chi connectivity index (χ2n) is 11.8. The first kappa shape index (κ1) is 29.5. The molecular formula is C34H41N5O3. The number of carbonyl (C=O) groups excluding carboxylic acids is 3. The smallest absolute Gasteiger partial charge is 0.248 e. The fourth-order valence-electron chi connectivity index (χ4n) is 6.36. The predicted octanol–water partition coefficient (Wildman–Crippen LogP) is 3.03. The fourth-order valence-corrected chi connectivity index (χ4v) is 6.36. The van der Waals surface area contributed by atoms with Crippen molar-refractivity contribution in [2.24, 2.45) is 11.5 Å². The summed E-state index contributed by atoms with van der Waals surface area (Å²) in [5, 5.41) is 2.92. The normalized spacial score (nSPS) is 22.0. The highest BCUT2D eigenvalue weighted by molar-refractivity contribution is 5.93. The third kappa shape index (κ3) is 7.06. The van der Waals surface area contributed by atoms with Gasteiger partial charge in [-0.15, -0.1) is 0 Å². The summed E-state index contributed by atoms with van der Waals surface area (Å²) in [6.07, 6.45) is 2.25. The van der Waals surface area contributed by atoms with Crippen molar-refractivity contribution < 1.29 is 14.4 Å². The molecule has 8 heteroatoms. The molecule has 2 heterocycles. The SMILES string of the molecule is CC(N)C(=O)NC(Cc1ccc(C(N)=O)cc1)C(=O)N1C[C@@H](c2ccccc2)C[C@H]1CN1CCC(c2ccccc2)C1. The standard InChI is InChI=1S/C34H41N5O3/c1-23(35)33(41)37-31(18-24-12-14-27(15-13-24)32(36)40)34(42)39-21-29(26-10-6-3-7-11-26)19-30(39)22-38-17-16-28(20-38)25-8-4-2-5-9-25/h2-15,23,28-31H,16-22,35H2,1H3,(H2,36,40)(H,37,41)/t23?,28?,29-,30-,31?/m0/s1. The summed E-state index contributed by atoms with van der Waals surface area (Å²) in [7, 11) is 0. The van der Waals surface area contributed by atoms with E-state index in [-0.39, 0.29) is 30.2 Å². The number of carbonyl (C=O) groups is 3. The molecule has 42 heavy (non-hydrogen) atoms. The van der Waals surface area contributed by atoms with Gasteiger partial charge in [0, 0.05) is 43.6 Å². The highest BCUT2D eigenvalue weighted by Gasteiger charge is 2.40. The molecule has 8 nitrogen and oxygen atoms in total.